The van der Waals surface area contributed by atoms with E-state index in [9.17, 15) is 29.1 Å². The summed E-state index contributed by atoms with van der Waals surface area (Å²) in [6.07, 6.45) is -1.37. The number of nitrogens with zero attached hydrogens (tertiary/aromatic N) is 4. The van der Waals surface area contributed by atoms with Gasteiger partial charge in [-0.15, -0.1) is 5.06 Å². The van der Waals surface area contributed by atoms with E-state index in [1.165, 1.54) is 16.0 Å². The van der Waals surface area contributed by atoms with Gasteiger partial charge in [-0.3, -0.25) is 19.2 Å². The van der Waals surface area contributed by atoms with Crippen molar-refractivity contribution in [1.29, 1.82) is 0 Å². The average molecular weight is 571 g/mol. The Morgan fingerprint density at radius 3 is 2.32 bits per heavy atom. The summed E-state index contributed by atoms with van der Waals surface area (Å²) in [7, 11) is 0. The number of carboxylic acid groups (broad SMARTS) is 1. The molecule has 3 rings (SSSR count). The van der Waals surface area contributed by atoms with Crippen LogP contribution in [0.1, 0.15) is 44.1 Å². The van der Waals surface area contributed by atoms with Gasteiger partial charge in [-0.2, -0.15) is 0 Å². The van der Waals surface area contributed by atoms with Crippen LogP contribution in [0, 0.1) is 5.92 Å². The first-order valence-electron chi connectivity index (χ1n) is 13.2. The number of carbonyl (C=O) groups excluding carboxylic acids is 4. The van der Waals surface area contributed by atoms with Crippen molar-refractivity contribution in [3.05, 3.63) is 42.1 Å². The Labute approximate surface area is 237 Å². The SMILES string of the molecule is CCOC(=O)ON1CCN(C(=O)[C@H](CCC(=O)O)NC(=O)c2cc(NC(=O)C(C)C)nc(-c3ccccc3)n2)CC1. The monoisotopic (exact) mass is 570 g/mol. The van der Waals surface area contributed by atoms with E-state index in [1.54, 1.807) is 45.0 Å². The summed E-state index contributed by atoms with van der Waals surface area (Å²) in [6, 6.07) is 8.98. The van der Waals surface area contributed by atoms with Crippen molar-refractivity contribution in [2.75, 3.05) is 38.1 Å². The number of aliphatic carboxylic acids is 1. The molecule has 1 aliphatic heterocycles. The fourth-order valence-electron chi connectivity index (χ4n) is 3.84. The average Bonchev–Trinajstić information content (AvgIpc) is 2.95. The van der Waals surface area contributed by atoms with E-state index < -0.39 is 30.0 Å². The first-order valence-corrected chi connectivity index (χ1v) is 13.2. The van der Waals surface area contributed by atoms with Crippen LogP contribution in [0.3, 0.4) is 0 Å². The Balaban J connectivity index is 1.79. The van der Waals surface area contributed by atoms with E-state index in [0.29, 0.717) is 5.56 Å². The van der Waals surface area contributed by atoms with Gasteiger partial charge < -0.3 is 30.2 Å². The van der Waals surface area contributed by atoms with Gasteiger partial charge >= 0.3 is 12.1 Å². The lowest BCUT2D eigenvalue weighted by atomic mass is 10.1. The Bertz CT molecular complexity index is 1250. The second-order valence-corrected chi connectivity index (χ2v) is 9.46. The zero-order valence-electron chi connectivity index (χ0n) is 23.2. The standard InChI is InChI=1S/C27H34N6O8/c1-4-40-27(39)41-33-14-12-32(13-15-33)26(38)19(10-11-22(34)35)29-25(37)20-16-21(31-24(36)17(2)3)30-23(28-20)18-8-6-5-7-9-18/h5-9,16-17,19H,4,10-15H2,1-3H3,(H,29,37)(H,34,35)(H,28,30,31,36)/t19-/m0/s1. The maximum Gasteiger partial charge on any atom is 0.527 e. The molecule has 0 aliphatic carbocycles. The number of carbonyl (C=O) groups is 5. The molecule has 1 fully saturated rings. The normalized spacial score (nSPS) is 14.2. The molecule has 14 heteroatoms. The first-order chi connectivity index (χ1) is 19.6. The molecule has 14 nitrogen and oxygen atoms in total. The van der Waals surface area contributed by atoms with Crippen molar-refractivity contribution in [3.63, 3.8) is 0 Å². The van der Waals surface area contributed by atoms with Crippen LogP contribution in [0.25, 0.3) is 11.4 Å². The van der Waals surface area contributed by atoms with E-state index in [-0.39, 0.29) is 74.8 Å². The molecule has 1 atom stereocenters. The van der Waals surface area contributed by atoms with E-state index in [1.807, 2.05) is 6.07 Å². The number of carboxylic acids is 1. The molecular formula is C27H34N6O8. The number of hydroxylamine groups is 2. The van der Waals surface area contributed by atoms with Crippen LogP contribution in [-0.4, -0.2) is 93.7 Å². The Kier molecular flexibility index (Phi) is 11.1. The number of nitrogens with one attached hydrogen (secondary N) is 2. The number of ether oxygens (including phenoxy) is 1. The van der Waals surface area contributed by atoms with E-state index in [4.69, 9.17) is 9.57 Å². The van der Waals surface area contributed by atoms with Crippen LogP contribution in [0.4, 0.5) is 10.6 Å². The van der Waals surface area contributed by atoms with Crippen molar-refractivity contribution in [3.8, 4) is 11.4 Å². The third-order valence-corrected chi connectivity index (χ3v) is 6.03. The zero-order valence-corrected chi connectivity index (χ0v) is 23.2. The number of piperazine rings is 1. The molecule has 1 saturated heterocycles. The van der Waals surface area contributed by atoms with Crippen molar-refractivity contribution in [2.45, 2.75) is 39.7 Å². The summed E-state index contributed by atoms with van der Waals surface area (Å²) in [6.45, 7) is 5.99. The highest BCUT2D eigenvalue weighted by atomic mass is 16.8. The molecule has 2 heterocycles. The highest BCUT2D eigenvalue weighted by molar-refractivity contribution is 5.98. The summed E-state index contributed by atoms with van der Waals surface area (Å²) in [4.78, 5) is 77.2. The van der Waals surface area contributed by atoms with Gasteiger partial charge in [-0.1, -0.05) is 44.2 Å². The summed E-state index contributed by atoms with van der Waals surface area (Å²) in [5.41, 5.74) is 0.488. The maximum atomic E-state index is 13.4. The number of hydrogen-bond donors (Lipinski definition) is 3. The highest BCUT2D eigenvalue weighted by Crippen LogP contribution is 2.19. The van der Waals surface area contributed by atoms with Gasteiger partial charge in [0.05, 0.1) is 19.7 Å². The van der Waals surface area contributed by atoms with Gasteiger partial charge in [-0.05, 0) is 13.3 Å². The lowest BCUT2D eigenvalue weighted by Crippen LogP contribution is -2.55. The maximum absolute atomic E-state index is 13.4. The van der Waals surface area contributed by atoms with Gasteiger partial charge in [0.1, 0.15) is 17.6 Å². The Hall–Kier alpha value is -4.59. The van der Waals surface area contributed by atoms with Crippen molar-refractivity contribution in [1.82, 2.24) is 25.2 Å². The molecule has 0 bridgehead atoms. The molecule has 1 aromatic carbocycles. The fraction of sp³-hybridized carbons (Fsp3) is 0.444. The molecule has 1 aliphatic rings. The molecular weight excluding hydrogens is 536 g/mol. The van der Waals surface area contributed by atoms with Gasteiger partial charge in [0, 0.05) is 37.1 Å². The number of anilines is 1. The number of aromatic nitrogens is 2. The minimum atomic E-state index is -1.17. The molecule has 3 N–H and O–H groups in total. The van der Waals surface area contributed by atoms with Gasteiger partial charge in [0.25, 0.3) is 5.91 Å². The van der Waals surface area contributed by atoms with Crippen LogP contribution in [0.2, 0.25) is 0 Å². The third-order valence-electron chi connectivity index (χ3n) is 6.03. The second-order valence-electron chi connectivity index (χ2n) is 9.46. The van der Waals surface area contributed by atoms with Crippen LogP contribution >= 0.6 is 0 Å². The predicted molar refractivity (Wildman–Crippen MR) is 145 cm³/mol. The predicted octanol–water partition coefficient (Wildman–Crippen LogP) is 1.93. The fourth-order valence-corrected chi connectivity index (χ4v) is 3.84. The molecule has 2 aromatic rings. The van der Waals surface area contributed by atoms with Crippen LogP contribution < -0.4 is 10.6 Å². The summed E-state index contributed by atoms with van der Waals surface area (Å²) < 4.78 is 4.75. The van der Waals surface area contributed by atoms with Crippen molar-refractivity contribution >= 4 is 35.7 Å². The Morgan fingerprint density at radius 1 is 1.02 bits per heavy atom. The molecule has 41 heavy (non-hydrogen) atoms. The largest absolute Gasteiger partial charge is 0.527 e. The topological polar surface area (TPSA) is 180 Å². The molecule has 0 saturated carbocycles. The first kappa shape index (κ1) is 30.9. The number of rotatable bonds is 11. The number of hydrogen-bond acceptors (Lipinski definition) is 10. The van der Waals surface area contributed by atoms with Crippen LogP contribution in [0.5, 0.6) is 0 Å². The van der Waals surface area contributed by atoms with Crippen molar-refractivity contribution in [2.24, 2.45) is 5.92 Å². The molecule has 0 radical (unpaired) electrons. The lowest BCUT2D eigenvalue weighted by Gasteiger charge is -2.35. The molecule has 220 valence electrons. The van der Waals surface area contributed by atoms with Crippen LogP contribution in [-0.2, 0) is 24.0 Å². The zero-order chi connectivity index (χ0) is 29.9. The molecule has 0 unspecified atom stereocenters. The molecule has 1 aromatic heterocycles. The summed E-state index contributed by atoms with van der Waals surface area (Å²) in [5, 5.41) is 15.9. The van der Waals surface area contributed by atoms with Gasteiger partial charge in [0.2, 0.25) is 11.8 Å². The third kappa shape index (κ3) is 9.24. The van der Waals surface area contributed by atoms with E-state index >= 15 is 0 Å². The molecule has 0 spiro atoms. The Morgan fingerprint density at radius 2 is 1.71 bits per heavy atom. The quantitative estimate of drug-likeness (QED) is 0.336. The number of amides is 3. The van der Waals surface area contributed by atoms with E-state index in [0.717, 1.165) is 0 Å². The smallest absolute Gasteiger partial charge is 0.481 e. The summed E-state index contributed by atoms with van der Waals surface area (Å²) >= 11 is 0. The molecule has 3 amide bonds. The highest BCUT2D eigenvalue weighted by Gasteiger charge is 2.31. The minimum absolute atomic E-state index is 0.105. The van der Waals surface area contributed by atoms with Crippen molar-refractivity contribution < 1.29 is 38.7 Å². The minimum Gasteiger partial charge on any atom is -0.481 e. The van der Waals surface area contributed by atoms with Crippen LogP contribution in [0.15, 0.2) is 36.4 Å². The number of benzene rings is 1. The lowest BCUT2D eigenvalue weighted by molar-refractivity contribution is -0.157. The summed E-state index contributed by atoms with van der Waals surface area (Å²) in [5.74, 6) is -2.72. The van der Waals surface area contributed by atoms with E-state index in [2.05, 4.69) is 20.6 Å². The van der Waals surface area contributed by atoms with Gasteiger partial charge in [0.15, 0.2) is 5.82 Å². The second kappa shape index (κ2) is 14.7. The van der Waals surface area contributed by atoms with Gasteiger partial charge in [-0.25, -0.2) is 14.8 Å².